The average molecular weight is 338 g/mol. The number of hydrogen-bond donors (Lipinski definition) is 2. The highest BCUT2D eigenvalue weighted by Gasteiger charge is 2.16. The van der Waals surface area contributed by atoms with Gasteiger partial charge in [0.25, 0.3) is 0 Å². The molecule has 0 aliphatic heterocycles. The van der Waals surface area contributed by atoms with Crippen LogP contribution in [0, 0.1) is 0 Å². The van der Waals surface area contributed by atoms with Crippen molar-refractivity contribution in [2.45, 2.75) is 45.6 Å². The number of para-hydroxylation sites is 1. The van der Waals surface area contributed by atoms with Crippen molar-refractivity contribution in [1.82, 2.24) is 5.32 Å². The average Bonchev–Trinajstić information content (AvgIpc) is 2.62. The van der Waals surface area contributed by atoms with Crippen LogP contribution in [0.4, 0.5) is 5.69 Å². The first-order valence-electron chi connectivity index (χ1n) is 8.82. The lowest BCUT2D eigenvalue weighted by atomic mass is 10.0. The number of nitrogens with one attached hydrogen (secondary N) is 2. The third kappa shape index (κ3) is 6.07. The Morgan fingerprint density at radius 1 is 1.00 bits per heavy atom. The van der Waals surface area contributed by atoms with Gasteiger partial charge in [0.15, 0.2) is 0 Å². The highest BCUT2D eigenvalue weighted by molar-refractivity contribution is 5.97. The topological polar surface area (TPSA) is 58.2 Å². The Hall–Kier alpha value is -2.62. The molecule has 132 valence electrons. The van der Waals surface area contributed by atoms with Crippen molar-refractivity contribution in [3.63, 3.8) is 0 Å². The molecule has 2 N–H and O–H groups in total. The zero-order valence-electron chi connectivity index (χ0n) is 14.9. The molecule has 25 heavy (non-hydrogen) atoms. The smallest absolute Gasteiger partial charge is 0.246 e. The van der Waals surface area contributed by atoms with Crippen LogP contribution in [0.2, 0.25) is 0 Å². The molecule has 0 aliphatic carbocycles. The van der Waals surface area contributed by atoms with Crippen LogP contribution in [0.3, 0.4) is 0 Å². The van der Waals surface area contributed by atoms with Crippen molar-refractivity contribution in [3.8, 4) is 0 Å². The fourth-order valence-corrected chi connectivity index (χ4v) is 2.57. The predicted molar refractivity (Wildman–Crippen MR) is 101 cm³/mol. The van der Waals surface area contributed by atoms with Crippen LogP contribution in [0.1, 0.15) is 44.2 Å². The van der Waals surface area contributed by atoms with E-state index in [1.54, 1.807) is 6.92 Å². The Morgan fingerprint density at radius 2 is 1.68 bits per heavy atom. The van der Waals surface area contributed by atoms with Crippen molar-refractivity contribution in [1.29, 1.82) is 0 Å². The summed E-state index contributed by atoms with van der Waals surface area (Å²) in [6, 6.07) is 17.3. The molecule has 4 nitrogen and oxygen atoms in total. The van der Waals surface area contributed by atoms with E-state index in [9.17, 15) is 9.59 Å². The first-order chi connectivity index (χ1) is 12.1. The van der Waals surface area contributed by atoms with Crippen LogP contribution in [0.15, 0.2) is 54.6 Å². The van der Waals surface area contributed by atoms with E-state index in [1.807, 2.05) is 49.4 Å². The molecule has 2 rings (SSSR count). The summed E-state index contributed by atoms with van der Waals surface area (Å²) in [4.78, 5) is 24.2. The van der Waals surface area contributed by atoms with Gasteiger partial charge in [-0.3, -0.25) is 9.59 Å². The second-order valence-electron chi connectivity index (χ2n) is 6.20. The Kier molecular flexibility index (Phi) is 7.20. The van der Waals surface area contributed by atoms with Gasteiger partial charge < -0.3 is 10.6 Å². The normalized spacial score (nSPS) is 11.6. The standard InChI is InChI=1S/C21H26N2O2/c1-3-4-14-20(24)22-16(2)21(25)23-19-13-9-8-12-18(19)15-17-10-6-5-7-11-17/h5-13,16H,3-4,14-15H2,1-2H3,(H,22,24)(H,23,25). The molecule has 0 saturated carbocycles. The van der Waals surface area contributed by atoms with Gasteiger partial charge in [-0.1, -0.05) is 61.9 Å². The van der Waals surface area contributed by atoms with Gasteiger partial charge in [-0.15, -0.1) is 0 Å². The summed E-state index contributed by atoms with van der Waals surface area (Å²) in [5.74, 6) is -0.285. The van der Waals surface area contributed by atoms with Gasteiger partial charge in [0.05, 0.1) is 0 Å². The van der Waals surface area contributed by atoms with Crippen molar-refractivity contribution in [3.05, 3.63) is 65.7 Å². The Balaban J connectivity index is 1.99. The fraction of sp³-hybridized carbons (Fsp3) is 0.333. The van der Waals surface area contributed by atoms with Crippen LogP contribution >= 0.6 is 0 Å². The Bertz CT molecular complexity index is 698. The zero-order chi connectivity index (χ0) is 18.1. The number of carbonyl (C=O) groups is 2. The quantitative estimate of drug-likeness (QED) is 0.767. The van der Waals surface area contributed by atoms with Gasteiger partial charge in [-0.2, -0.15) is 0 Å². The SMILES string of the molecule is CCCCC(=O)NC(C)C(=O)Nc1ccccc1Cc1ccccc1. The van der Waals surface area contributed by atoms with Gasteiger partial charge in [-0.25, -0.2) is 0 Å². The van der Waals surface area contributed by atoms with Gasteiger partial charge in [0.2, 0.25) is 11.8 Å². The van der Waals surface area contributed by atoms with E-state index >= 15 is 0 Å². The zero-order valence-corrected chi connectivity index (χ0v) is 14.9. The minimum absolute atomic E-state index is 0.0814. The first kappa shape index (κ1) is 18.7. The lowest BCUT2D eigenvalue weighted by molar-refractivity contribution is -0.126. The number of amides is 2. The molecule has 0 aliphatic rings. The molecule has 2 aromatic carbocycles. The monoisotopic (exact) mass is 338 g/mol. The van der Waals surface area contributed by atoms with Crippen molar-refractivity contribution >= 4 is 17.5 Å². The summed E-state index contributed by atoms with van der Waals surface area (Å²) in [6.45, 7) is 3.74. The molecule has 0 saturated heterocycles. The molecule has 0 fully saturated rings. The van der Waals surface area contributed by atoms with Gasteiger partial charge in [0, 0.05) is 12.1 Å². The van der Waals surface area contributed by atoms with E-state index < -0.39 is 6.04 Å². The second-order valence-corrected chi connectivity index (χ2v) is 6.20. The van der Waals surface area contributed by atoms with E-state index in [-0.39, 0.29) is 11.8 Å². The molecule has 1 atom stereocenters. The fourth-order valence-electron chi connectivity index (χ4n) is 2.57. The van der Waals surface area contributed by atoms with Crippen LogP contribution in [-0.4, -0.2) is 17.9 Å². The lowest BCUT2D eigenvalue weighted by Gasteiger charge is -2.16. The highest BCUT2D eigenvalue weighted by Crippen LogP contribution is 2.19. The Labute approximate surface area is 149 Å². The maximum Gasteiger partial charge on any atom is 0.246 e. The van der Waals surface area contributed by atoms with Crippen LogP contribution in [-0.2, 0) is 16.0 Å². The summed E-state index contributed by atoms with van der Waals surface area (Å²) >= 11 is 0. The highest BCUT2D eigenvalue weighted by atomic mass is 16.2. The lowest BCUT2D eigenvalue weighted by Crippen LogP contribution is -2.41. The summed E-state index contributed by atoms with van der Waals surface area (Å²) < 4.78 is 0. The molecule has 2 aromatic rings. The molecule has 0 heterocycles. The summed E-state index contributed by atoms with van der Waals surface area (Å²) in [7, 11) is 0. The number of anilines is 1. The number of rotatable bonds is 8. The number of carbonyl (C=O) groups excluding carboxylic acids is 2. The third-order valence-corrected chi connectivity index (χ3v) is 4.04. The molecule has 0 radical (unpaired) electrons. The van der Waals surface area contributed by atoms with E-state index in [0.29, 0.717) is 6.42 Å². The van der Waals surface area contributed by atoms with E-state index in [2.05, 4.69) is 22.8 Å². The van der Waals surface area contributed by atoms with E-state index in [1.165, 1.54) is 5.56 Å². The summed E-state index contributed by atoms with van der Waals surface area (Å²) in [5, 5.41) is 5.69. The Morgan fingerprint density at radius 3 is 2.40 bits per heavy atom. The molecule has 4 heteroatoms. The molecular formula is C21H26N2O2. The van der Waals surface area contributed by atoms with E-state index in [4.69, 9.17) is 0 Å². The molecular weight excluding hydrogens is 312 g/mol. The van der Waals surface area contributed by atoms with Crippen molar-refractivity contribution < 1.29 is 9.59 Å². The third-order valence-electron chi connectivity index (χ3n) is 4.04. The second kappa shape index (κ2) is 9.62. The van der Waals surface area contributed by atoms with Gasteiger partial charge in [0.1, 0.15) is 6.04 Å². The van der Waals surface area contributed by atoms with Gasteiger partial charge in [-0.05, 0) is 37.0 Å². The van der Waals surface area contributed by atoms with Crippen LogP contribution in [0.25, 0.3) is 0 Å². The largest absolute Gasteiger partial charge is 0.345 e. The minimum Gasteiger partial charge on any atom is -0.345 e. The molecule has 0 spiro atoms. The molecule has 2 amide bonds. The predicted octanol–water partition coefficient (Wildman–Crippen LogP) is 3.91. The number of benzene rings is 2. The summed E-state index contributed by atoms with van der Waals surface area (Å²) in [6.07, 6.45) is 2.99. The maximum absolute atomic E-state index is 12.4. The number of hydrogen-bond acceptors (Lipinski definition) is 2. The maximum atomic E-state index is 12.4. The van der Waals surface area contributed by atoms with Crippen LogP contribution < -0.4 is 10.6 Å². The van der Waals surface area contributed by atoms with E-state index in [0.717, 1.165) is 30.5 Å². The van der Waals surface area contributed by atoms with Crippen molar-refractivity contribution in [2.75, 3.05) is 5.32 Å². The van der Waals surface area contributed by atoms with Crippen LogP contribution in [0.5, 0.6) is 0 Å². The first-order valence-corrected chi connectivity index (χ1v) is 8.82. The summed E-state index contributed by atoms with van der Waals surface area (Å²) in [5.41, 5.74) is 3.02. The molecule has 0 aromatic heterocycles. The van der Waals surface area contributed by atoms with Crippen molar-refractivity contribution in [2.24, 2.45) is 0 Å². The minimum atomic E-state index is -0.561. The molecule has 0 bridgehead atoms. The molecule has 1 unspecified atom stereocenters. The number of unbranched alkanes of at least 4 members (excludes halogenated alkanes) is 1. The van der Waals surface area contributed by atoms with Gasteiger partial charge >= 0.3 is 0 Å².